The molecule has 3 aromatic carbocycles. The molecule has 0 N–H and O–H groups in total. The highest BCUT2D eigenvalue weighted by Crippen LogP contribution is 2.43. The van der Waals surface area contributed by atoms with Gasteiger partial charge >= 0.3 is 0 Å². The summed E-state index contributed by atoms with van der Waals surface area (Å²) in [5, 5.41) is 0.405. The summed E-state index contributed by atoms with van der Waals surface area (Å²) in [7, 11) is 1.55. The Balaban J connectivity index is 1.75. The fourth-order valence-electron chi connectivity index (χ4n) is 4.54. The van der Waals surface area contributed by atoms with Crippen LogP contribution in [0.4, 0.5) is 5.69 Å². The normalized spacial score (nSPS) is 14.7. The zero-order valence-corrected chi connectivity index (χ0v) is 21.5. The molecule has 1 aliphatic rings. The van der Waals surface area contributed by atoms with E-state index < -0.39 is 6.04 Å². The topological polar surface area (TPSA) is 69.0 Å². The van der Waals surface area contributed by atoms with Crippen LogP contribution in [-0.2, 0) is 6.42 Å². The number of hydrogen-bond donors (Lipinski definition) is 0. The molecule has 2 heterocycles. The van der Waals surface area contributed by atoms with Crippen LogP contribution < -0.4 is 19.8 Å². The number of ether oxygens (including phenoxy) is 2. The zero-order chi connectivity index (χ0) is 25.4. The summed E-state index contributed by atoms with van der Waals surface area (Å²) >= 11 is 3.43. The van der Waals surface area contributed by atoms with Gasteiger partial charge in [-0.25, -0.2) is 0 Å². The molecule has 0 saturated heterocycles. The van der Waals surface area contributed by atoms with Crippen molar-refractivity contribution in [2.45, 2.75) is 19.4 Å². The molecular weight excluding hydrogens is 522 g/mol. The number of fused-ring (bicyclic) bond motifs is 2. The van der Waals surface area contributed by atoms with Crippen LogP contribution in [0.5, 0.6) is 11.5 Å². The molecule has 0 bridgehead atoms. The van der Waals surface area contributed by atoms with Gasteiger partial charge in [0.1, 0.15) is 12.2 Å². The zero-order valence-electron chi connectivity index (χ0n) is 19.9. The standard InChI is InChI=1S/C29H24BrNO5/c1-4-14-35-23-12-8-18(15-24(23)34-3)26-25-27(32)21-16-19(30)9-13-22(21)36-28(25)29(33)31(26)20-10-6-17(5-2)7-11-20/h4,6-13,15-16,26H,1,5,14H2,2-3H3. The maximum Gasteiger partial charge on any atom is 0.295 e. The Labute approximate surface area is 216 Å². The van der Waals surface area contributed by atoms with Gasteiger partial charge in [-0.2, -0.15) is 0 Å². The van der Waals surface area contributed by atoms with Crippen molar-refractivity contribution in [3.63, 3.8) is 0 Å². The van der Waals surface area contributed by atoms with Crippen LogP contribution in [0.3, 0.4) is 0 Å². The lowest BCUT2D eigenvalue weighted by molar-refractivity contribution is 0.0971. The number of nitrogens with zero attached hydrogens (tertiary/aromatic N) is 1. The van der Waals surface area contributed by atoms with Crippen molar-refractivity contribution in [1.82, 2.24) is 0 Å². The smallest absolute Gasteiger partial charge is 0.295 e. The monoisotopic (exact) mass is 545 g/mol. The first-order chi connectivity index (χ1) is 17.5. The number of hydrogen-bond acceptors (Lipinski definition) is 5. The molecule has 0 fully saturated rings. The summed E-state index contributed by atoms with van der Waals surface area (Å²) in [6.45, 7) is 6.08. The predicted octanol–water partition coefficient (Wildman–Crippen LogP) is 6.44. The van der Waals surface area contributed by atoms with E-state index in [4.69, 9.17) is 13.9 Å². The second-order valence-electron chi connectivity index (χ2n) is 8.42. The van der Waals surface area contributed by atoms with Gasteiger partial charge in [0, 0.05) is 10.2 Å². The van der Waals surface area contributed by atoms with Crippen LogP contribution in [0.1, 0.15) is 40.2 Å². The summed E-state index contributed by atoms with van der Waals surface area (Å²) in [6, 6.07) is 17.7. The molecule has 4 aromatic rings. The number of benzene rings is 3. The summed E-state index contributed by atoms with van der Waals surface area (Å²) < 4.78 is 18.1. The highest BCUT2D eigenvalue weighted by atomic mass is 79.9. The van der Waals surface area contributed by atoms with Gasteiger partial charge in [0.2, 0.25) is 5.76 Å². The van der Waals surface area contributed by atoms with Gasteiger partial charge in [-0.3, -0.25) is 14.5 Å². The van der Waals surface area contributed by atoms with E-state index in [0.717, 1.165) is 16.5 Å². The second kappa shape index (κ2) is 9.66. The van der Waals surface area contributed by atoms with Crippen molar-refractivity contribution in [1.29, 1.82) is 0 Å². The van der Waals surface area contributed by atoms with Crippen LogP contribution >= 0.6 is 15.9 Å². The summed E-state index contributed by atoms with van der Waals surface area (Å²) in [4.78, 5) is 29.2. The first-order valence-electron chi connectivity index (χ1n) is 11.6. The number of amides is 1. The number of carbonyl (C=O) groups is 1. The third-order valence-corrected chi connectivity index (χ3v) is 6.81. The highest BCUT2D eigenvalue weighted by Gasteiger charge is 2.44. The number of aryl methyl sites for hydroxylation is 1. The van der Waals surface area contributed by atoms with E-state index >= 15 is 0 Å². The SMILES string of the molecule is C=CCOc1ccc(C2c3c(oc4ccc(Br)cc4c3=O)C(=O)N2c2ccc(CC)cc2)cc1OC. The van der Waals surface area contributed by atoms with Crippen LogP contribution in [-0.4, -0.2) is 19.6 Å². The quantitative estimate of drug-likeness (QED) is 0.250. The fraction of sp³-hybridized carbons (Fsp3) is 0.172. The van der Waals surface area contributed by atoms with E-state index in [9.17, 15) is 9.59 Å². The Hall–Kier alpha value is -3.84. The molecule has 0 spiro atoms. The van der Waals surface area contributed by atoms with Crippen molar-refractivity contribution < 1.29 is 18.7 Å². The Bertz CT molecular complexity index is 1540. The third-order valence-electron chi connectivity index (χ3n) is 6.32. The molecule has 182 valence electrons. The van der Waals surface area contributed by atoms with Gasteiger partial charge in [-0.1, -0.05) is 53.7 Å². The van der Waals surface area contributed by atoms with Gasteiger partial charge in [-0.05, 0) is 60.0 Å². The van der Waals surface area contributed by atoms with E-state index in [2.05, 4.69) is 29.4 Å². The summed E-state index contributed by atoms with van der Waals surface area (Å²) in [5.41, 5.74) is 2.93. The lowest BCUT2D eigenvalue weighted by atomic mass is 9.97. The number of halogens is 1. The Morgan fingerprint density at radius 3 is 2.53 bits per heavy atom. The Morgan fingerprint density at radius 2 is 1.83 bits per heavy atom. The maximum absolute atomic E-state index is 13.8. The molecule has 0 radical (unpaired) electrons. The molecule has 0 aliphatic carbocycles. The second-order valence-corrected chi connectivity index (χ2v) is 9.34. The van der Waals surface area contributed by atoms with Crippen molar-refractivity contribution in [3.8, 4) is 11.5 Å². The highest BCUT2D eigenvalue weighted by molar-refractivity contribution is 9.10. The molecule has 1 aliphatic heterocycles. The van der Waals surface area contributed by atoms with Crippen LogP contribution in [0.15, 0.2) is 87.0 Å². The molecule has 5 rings (SSSR count). The average molecular weight is 546 g/mol. The molecule has 6 nitrogen and oxygen atoms in total. The molecular formula is C29H24BrNO5. The minimum atomic E-state index is -0.707. The van der Waals surface area contributed by atoms with Crippen LogP contribution in [0.25, 0.3) is 11.0 Å². The van der Waals surface area contributed by atoms with E-state index in [1.807, 2.05) is 30.3 Å². The lowest BCUT2D eigenvalue weighted by Gasteiger charge is -2.26. The van der Waals surface area contributed by atoms with Crippen molar-refractivity contribution in [3.05, 3.63) is 110 Å². The van der Waals surface area contributed by atoms with Gasteiger partial charge in [0.15, 0.2) is 16.9 Å². The Morgan fingerprint density at radius 1 is 1.06 bits per heavy atom. The fourth-order valence-corrected chi connectivity index (χ4v) is 4.90. The largest absolute Gasteiger partial charge is 0.493 e. The van der Waals surface area contributed by atoms with E-state index in [-0.39, 0.29) is 17.1 Å². The molecule has 1 unspecified atom stereocenters. The lowest BCUT2D eigenvalue weighted by Crippen LogP contribution is -2.29. The van der Waals surface area contributed by atoms with Crippen molar-refractivity contribution in [2.24, 2.45) is 0 Å². The number of rotatable bonds is 7. The minimum absolute atomic E-state index is 0.0466. The molecule has 1 amide bonds. The maximum atomic E-state index is 13.8. The van der Waals surface area contributed by atoms with Gasteiger partial charge in [0.25, 0.3) is 5.91 Å². The van der Waals surface area contributed by atoms with Crippen LogP contribution in [0, 0.1) is 0 Å². The molecule has 7 heteroatoms. The number of anilines is 1. The molecule has 1 atom stereocenters. The van der Waals surface area contributed by atoms with E-state index in [1.54, 1.807) is 48.4 Å². The molecule has 36 heavy (non-hydrogen) atoms. The van der Waals surface area contributed by atoms with E-state index in [0.29, 0.717) is 45.9 Å². The Kier molecular flexibility index (Phi) is 6.41. The van der Waals surface area contributed by atoms with E-state index in [1.165, 1.54) is 0 Å². The third kappa shape index (κ3) is 3.99. The van der Waals surface area contributed by atoms with Gasteiger partial charge in [-0.15, -0.1) is 0 Å². The number of methoxy groups -OCH3 is 1. The summed E-state index contributed by atoms with van der Waals surface area (Å²) in [6.07, 6.45) is 2.52. The first kappa shape index (κ1) is 23.9. The first-order valence-corrected chi connectivity index (χ1v) is 12.4. The van der Waals surface area contributed by atoms with Crippen molar-refractivity contribution >= 4 is 38.5 Å². The number of carbonyl (C=O) groups excluding carboxylic acids is 1. The van der Waals surface area contributed by atoms with Crippen molar-refractivity contribution in [2.75, 3.05) is 18.6 Å². The molecule has 1 aromatic heterocycles. The predicted molar refractivity (Wildman–Crippen MR) is 143 cm³/mol. The average Bonchev–Trinajstić information content (AvgIpc) is 3.20. The molecule has 0 saturated carbocycles. The van der Waals surface area contributed by atoms with Crippen LogP contribution in [0.2, 0.25) is 0 Å². The minimum Gasteiger partial charge on any atom is -0.493 e. The van der Waals surface area contributed by atoms with Gasteiger partial charge < -0.3 is 13.9 Å². The van der Waals surface area contributed by atoms with Gasteiger partial charge in [0.05, 0.1) is 24.1 Å². The summed E-state index contributed by atoms with van der Waals surface area (Å²) in [5.74, 6) is 0.709.